The van der Waals surface area contributed by atoms with Gasteiger partial charge in [0.1, 0.15) is 33.5 Å². The summed E-state index contributed by atoms with van der Waals surface area (Å²) in [7, 11) is 7.62. The summed E-state index contributed by atoms with van der Waals surface area (Å²) in [5.41, 5.74) is 17.3. The topological polar surface area (TPSA) is 0 Å². The van der Waals surface area contributed by atoms with E-state index in [1.54, 1.807) is 21.2 Å². The van der Waals surface area contributed by atoms with Crippen LogP contribution < -0.4 is 21.2 Å². The van der Waals surface area contributed by atoms with Gasteiger partial charge in [0, 0.05) is 0 Å². The van der Waals surface area contributed by atoms with Gasteiger partial charge < -0.3 is 0 Å². The second-order valence-electron chi connectivity index (χ2n) is 12.6. The van der Waals surface area contributed by atoms with Crippen molar-refractivity contribution in [1.82, 2.24) is 0 Å². The summed E-state index contributed by atoms with van der Waals surface area (Å²) in [6.07, 6.45) is 2.52. The van der Waals surface area contributed by atoms with Crippen molar-refractivity contribution in [2.75, 3.05) is 12.3 Å². The first kappa shape index (κ1) is 36.5. The molecule has 5 heteroatoms. The van der Waals surface area contributed by atoms with Crippen molar-refractivity contribution in [3.05, 3.63) is 115 Å². The number of hydrogen-bond acceptors (Lipinski definition) is 0. The van der Waals surface area contributed by atoms with Gasteiger partial charge in [0.05, 0.1) is 15.8 Å². The molecule has 0 atom stereocenters. The molecule has 234 valence electrons. The molecule has 0 unspecified atom stereocenters. The van der Waals surface area contributed by atoms with Crippen LogP contribution in [0.2, 0.25) is 0 Å². The first-order valence-electron chi connectivity index (χ1n) is 15.1. The standard InChI is InChI=1S/C38H48P2.2ClH.Pd/c1-23-15-27(5)35(28(6)16-23)39(36-29(7)17-24(2)18-30(36)8)13-14-40(37-31(9)19-25(3)20-32(37)10)38-33(11)21-26(4)22-34(38)12;;;/h15-22H,13-14H2,1-12H3;2*1H;/q;;;+2. The Bertz CT molecular complexity index is 1280. The molecule has 0 nitrogen and oxygen atoms in total. The van der Waals surface area contributed by atoms with Crippen LogP contribution in [0.1, 0.15) is 66.8 Å². The molecule has 0 saturated heterocycles. The summed E-state index contributed by atoms with van der Waals surface area (Å²) < 4.78 is 0. The summed E-state index contributed by atoms with van der Waals surface area (Å²) in [5, 5.41) is 6.56. The van der Waals surface area contributed by atoms with Crippen LogP contribution in [-0.4, -0.2) is 12.3 Å². The van der Waals surface area contributed by atoms with Crippen molar-refractivity contribution in [1.29, 1.82) is 0 Å². The molecule has 0 fully saturated rings. The zero-order chi connectivity index (χ0) is 32.2. The van der Waals surface area contributed by atoms with Crippen molar-refractivity contribution in [3.8, 4) is 0 Å². The zero-order valence-electron chi connectivity index (χ0n) is 28.1. The van der Waals surface area contributed by atoms with E-state index < -0.39 is 15.8 Å². The third-order valence-corrected chi connectivity index (χ3v) is 16.1. The van der Waals surface area contributed by atoms with Gasteiger partial charge in [-0.15, -0.1) is 0 Å². The summed E-state index contributed by atoms with van der Waals surface area (Å²) in [6, 6.07) is 19.3. The Kier molecular flexibility index (Phi) is 13.6. The van der Waals surface area contributed by atoms with Gasteiger partial charge >= 0.3 is 35.0 Å². The predicted molar refractivity (Wildman–Crippen MR) is 199 cm³/mol. The van der Waals surface area contributed by atoms with Crippen LogP contribution >= 0.6 is 34.9 Å². The third-order valence-electron chi connectivity index (χ3n) is 8.54. The summed E-state index contributed by atoms with van der Waals surface area (Å²) >= 11 is -0.106. The Balaban J connectivity index is 0.00000162. The molecule has 0 aliphatic heterocycles. The van der Waals surface area contributed by atoms with Crippen molar-refractivity contribution in [2.45, 2.75) is 83.1 Å². The van der Waals surface area contributed by atoms with E-state index in [1.165, 1.54) is 79.1 Å². The molecule has 0 spiro atoms. The third kappa shape index (κ3) is 8.83. The Labute approximate surface area is 281 Å². The van der Waals surface area contributed by atoms with Crippen LogP contribution in [0.25, 0.3) is 0 Å². The normalized spacial score (nSPS) is 11.3. The van der Waals surface area contributed by atoms with E-state index in [9.17, 15) is 0 Å². The van der Waals surface area contributed by atoms with Gasteiger partial charge in [-0.3, -0.25) is 0 Å². The van der Waals surface area contributed by atoms with E-state index in [0.717, 1.165) is 0 Å². The summed E-state index contributed by atoms with van der Waals surface area (Å²) in [4.78, 5) is 0. The fourth-order valence-corrected chi connectivity index (χ4v) is 15.5. The van der Waals surface area contributed by atoms with Crippen molar-refractivity contribution in [3.63, 3.8) is 0 Å². The van der Waals surface area contributed by atoms with Crippen LogP contribution in [-0.2, 0) is 15.9 Å². The Morgan fingerprint density at radius 1 is 0.372 bits per heavy atom. The van der Waals surface area contributed by atoms with E-state index in [1.807, 2.05) is 0 Å². The molecular weight excluding hydrogens is 696 g/mol. The molecule has 0 saturated carbocycles. The second kappa shape index (κ2) is 16.0. The summed E-state index contributed by atoms with van der Waals surface area (Å²) in [6.45, 7) is 27.8. The van der Waals surface area contributed by atoms with Gasteiger partial charge in [-0.1, -0.05) is 70.8 Å². The quantitative estimate of drug-likeness (QED) is 0.131. The zero-order valence-corrected chi connectivity index (χ0v) is 33.2. The monoisotopic (exact) mass is 744 g/mol. The minimum atomic E-state index is -1.00. The van der Waals surface area contributed by atoms with E-state index in [-0.39, 0.29) is 15.9 Å². The van der Waals surface area contributed by atoms with Gasteiger partial charge in [-0.2, -0.15) is 0 Å². The molecule has 0 aliphatic rings. The molecule has 0 bridgehead atoms. The number of hydrogen-bond donors (Lipinski definition) is 0. The van der Waals surface area contributed by atoms with Crippen LogP contribution in [0.3, 0.4) is 0 Å². The number of rotatable bonds is 7. The van der Waals surface area contributed by atoms with Crippen molar-refractivity contribution >= 4 is 56.1 Å². The Hall–Kier alpha value is -1.02. The maximum absolute atomic E-state index is 4.81. The van der Waals surface area contributed by atoms with E-state index in [4.69, 9.17) is 19.1 Å². The molecule has 43 heavy (non-hydrogen) atoms. The average molecular weight is 746 g/mol. The van der Waals surface area contributed by atoms with E-state index in [2.05, 4.69) is 132 Å². The molecule has 4 aromatic rings. The predicted octanol–water partition coefficient (Wildman–Crippen LogP) is 9.79. The molecule has 4 aromatic carbocycles. The van der Waals surface area contributed by atoms with Gasteiger partial charge in [0.25, 0.3) is 0 Å². The molecule has 0 amide bonds. The first-order valence-corrected chi connectivity index (χ1v) is 22.5. The average Bonchev–Trinajstić information content (AvgIpc) is 2.84. The number of aryl methyl sites for hydroxylation is 12. The van der Waals surface area contributed by atoms with Gasteiger partial charge in [-0.25, -0.2) is 0 Å². The SMILES string of the molecule is Cc1cc(C)c([PH+](CC[PH+](c2c(C)cc(C)cc2C)c2c(C)cc(C)cc2C)c2c(C)cc(C)cc2C)c(C)c1.[Cl][Pd][Cl]. The second-order valence-corrected chi connectivity index (χ2v) is 19.9. The van der Waals surface area contributed by atoms with Gasteiger partial charge in [0.2, 0.25) is 0 Å². The summed E-state index contributed by atoms with van der Waals surface area (Å²) in [5.74, 6) is 0. The van der Waals surface area contributed by atoms with Crippen molar-refractivity contribution < 1.29 is 15.9 Å². The molecule has 0 aromatic heterocycles. The maximum atomic E-state index is 4.81. The fourth-order valence-electron chi connectivity index (χ4n) is 7.62. The van der Waals surface area contributed by atoms with Gasteiger partial charge in [-0.05, 0) is 128 Å². The fraction of sp³-hybridized carbons (Fsp3) is 0.368. The van der Waals surface area contributed by atoms with Crippen LogP contribution in [0.4, 0.5) is 0 Å². The Morgan fingerprint density at radius 2 is 0.512 bits per heavy atom. The van der Waals surface area contributed by atoms with Gasteiger partial charge in [0.15, 0.2) is 0 Å². The van der Waals surface area contributed by atoms with Crippen molar-refractivity contribution in [2.24, 2.45) is 0 Å². The molecule has 0 aliphatic carbocycles. The molecular formula is C38H50Cl2P2Pd+2. The molecule has 4 rings (SSSR count). The number of halogens is 2. The molecule has 0 heterocycles. The van der Waals surface area contributed by atoms with Crippen LogP contribution in [0.5, 0.6) is 0 Å². The van der Waals surface area contributed by atoms with E-state index >= 15 is 0 Å². The van der Waals surface area contributed by atoms with Crippen LogP contribution in [0.15, 0.2) is 48.5 Å². The Morgan fingerprint density at radius 3 is 0.651 bits per heavy atom. The van der Waals surface area contributed by atoms with E-state index in [0.29, 0.717) is 0 Å². The molecule has 0 N–H and O–H groups in total. The van der Waals surface area contributed by atoms with Crippen LogP contribution in [0, 0.1) is 83.1 Å². The molecule has 0 radical (unpaired) electrons. The first-order chi connectivity index (χ1) is 20.2. The minimum absolute atomic E-state index is 0.106. The number of benzene rings is 4.